The summed E-state index contributed by atoms with van der Waals surface area (Å²) < 4.78 is 28.6. The van der Waals surface area contributed by atoms with Gasteiger partial charge in [-0.3, -0.25) is 10.1 Å². The molecule has 0 fully saturated rings. The van der Waals surface area contributed by atoms with Gasteiger partial charge in [-0.15, -0.1) is 0 Å². The van der Waals surface area contributed by atoms with E-state index in [0.29, 0.717) is 0 Å². The minimum Gasteiger partial charge on any atom is -0.499 e. The Labute approximate surface area is 114 Å². The Morgan fingerprint density at radius 1 is 1.05 bits per heavy atom. The molecule has 8 heteroatoms. The summed E-state index contributed by atoms with van der Waals surface area (Å²) in [5.41, 5.74) is -0.634. The first-order valence-electron chi connectivity index (χ1n) is 5.38. The number of phenolic OH excluding ortho intramolecular Hbond substituents is 1. The molecule has 0 unspecified atom stereocenters. The zero-order chi connectivity index (χ0) is 14.8. The molecule has 104 valence electrons. The molecule has 0 atom stereocenters. The first kappa shape index (κ1) is 13.8. The van der Waals surface area contributed by atoms with Gasteiger partial charge in [0, 0.05) is 6.07 Å². The summed E-state index contributed by atoms with van der Waals surface area (Å²) >= 11 is 0. The number of phenols is 1. The third-order valence-electron chi connectivity index (χ3n) is 2.41. The maximum Gasteiger partial charge on any atom is 0.339 e. The highest BCUT2D eigenvalue weighted by Crippen LogP contribution is 2.36. The van der Waals surface area contributed by atoms with Gasteiger partial charge in [0.15, 0.2) is 5.75 Å². The van der Waals surface area contributed by atoms with Crippen LogP contribution in [0.1, 0.15) is 0 Å². The zero-order valence-electron chi connectivity index (χ0n) is 9.96. The summed E-state index contributed by atoms with van der Waals surface area (Å²) in [5, 5.41) is 20.3. The van der Waals surface area contributed by atoms with E-state index in [-0.39, 0.29) is 4.90 Å². The molecule has 2 aromatic carbocycles. The smallest absolute Gasteiger partial charge is 0.339 e. The third-order valence-corrected chi connectivity index (χ3v) is 3.65. The lowest BCUT2D eigenvalue weighted by atomic mass is 10.3. The minimum absolute atomic E-state index is 0.120. The predicted molar refractivity (Wildman–Crippen MR) is 69.0 cm³/mol. The fourth-order valence-electron chi connectivity index (χ4n) is 1.48. The quantitative estimate of drug-likeness (QED) is 0.525. The molecule has 0 aliphatic heterocycles. The van der Waals surface area contributed by atoms with Crippen LogP contribution >= 0.6 is 0 Å². The van der Waals surface area contributed by atoms with E-state index in [0.717, 1.165) is 12.1 Å². The van der Waals surface area contributed by atoms with E-state index in [1.807, 2.05) is 0 Å². The van der Waals surface area contributed by atoms with Crippen molar-refractivity contribution in [2.75, 3.05) is 0 Å². The molecule has 1 N–H and O–H groups in total. The number of nitro groups is 1. The Bertz CT molecular complexity index is 742. The molecule has 0 radical (unpaired) electrons. The fourth-order valence-corrected chi connectivity index (χ4v) is 2.44. The Morgan fingerprint density at radius 3 is 2.30 bits per heavy atom. The van der Waals surface area contributed by atoms with Crippen LogP contribution in [0.5, 0.6) is 11.5 Å². The standard InChI is InChI=1S/C12H9NO6S/c14-12-10(13(15)16)7-4-8-11(12)19-20(17,18)9-5-2-1-3-6-9/h1-8,14H. The zero-order valence-corrected chi connectivity index (χ0v) is 10.8. The Morgan fingerprint density at radius 2 is 1.70 bits per heavy atom. The summed E-state index contributed by atoms with van der Waals surface area (Å²) in [6, 6.07) is 10.6. The van der Waals surface area contributed by atoms with Crippen LogP contribution in [0.15, 0.2) is 53.4 Å². The van der Waals surface area contributed by atoms with Gasteiger partial charge in [-0.25, -0.2) is 0 Å². The van der Waals surface area contributed by atoms with E-state index in [1.165, 1.54) is 30.3 Å². The van der Waals surface area contributed by atoms with Gasteiger partial charge >= 0.3 is 15.8 Å². The van der Waals surface area contributed by atoms with Crippen molar-refractivity contribution >= 4 is 15.8 Å². The average molecular weight is 295 g/mol. The van der Waals surface area contributed by atoms with Crippen molar-refractivity contribution in [2.24, 2.45) is 0 Å². The van der Waals surface area contributed by atoms with Gasteiger partial charge < -0.3 is 9.29 Å². The summed E-state index contributed by atoms with van der Waals surface area (Å²) in [4.78, 5) is 9.69. The number of para-hydroxylation sites is 1. The average Bonchev–Trinajstić information content (AvgIpc) is 2.41. The van der Waals surface area contributed by atoms with E-state index < -0.39 is 32.2 Å². The molecular formula is C12H9NO6S. The van der Waals surface area contributed by atoms with Crippen LogP contribution in [0, 0.1) is 10.1 Å². The Hall–Kier alpha value is -2.61. The van der Waals surface area contributed by atoms with Crippen molar-refractivity contribution in [2.45, 2.75) is 4.90 Å². The highest BCUT2D eigenvalue weighted by atomic mass is 32.2. The second-order valence-corrected chi connectivity index (χ2v) is 5.28. The number of hydrogen-bond donors (Lipinski definition) is 1. The molecule has 7 nitrogen and oxygen atoms in total. The van der Waals surface area contributed by atoms with E-state index in [2.05, 4.69) is 0 Å². The topological polar surface area (TPSA) is 107 Å². The Kier molecular flexibility index (Phi) is 3.57. The van der Waals surface area contributed by atoms with Gasteiger partial charge in [0.2, 0.25) is 5.75 Å². The molecule has 0 amide bonds. The summed E-state index contributed by atoms with van der Waals surface area (Å²) in [6.45, 7) is 0. The third kappa shape index (κ3) is 2.69. The normalized spacial score (nSPS) is 11.0. The van der Waals surface area contributed by atoms with E-state index in [9.17, 15) is 23.6 Å². The molecule has 2 rings (SSSR count). The highest BCUT2D eigenvalue weighted by molar-refractivity contribution is 7.87. The lowest BCUT2D eigenvalue weighted by molar-refractivity contribution is -0.385. The van der Waals surface area contributed by atoms with Crippen LogP contribution in [-0.2, 0) is 10.1 Å². The van der Waals surface area contributed by atoms with Gasteiger partial charge in [-0.05, 0) is 18.2 Å². The van der Waals surface area contributed by atoms with Gasteiger partial charge in [-0.2, -0.15) is 8.42 Å². The molecule has 2 aromatic rings. The van der Waals surface area contributed by atoms with E-state index >= 15 is 0 Å². The van der Waals surface area contributed by atoms with Crippen LogP contribution < -0.4 is 4.18 Å². The van der Waals surface area contributed by atoms with Crippen molar-refractivity contribution in [1.29, 1.82) is 0 Å². The molecule has 0 aromatic heterocycles. The van der Waals surface area contributed by atoms with Gasteiger partial charge in [-0.1, -0.05) is 24.3 Å². The maximum atomic E-state index is 11.9. The minimum atomic E-state index is -4.16. The number of rotatable bonds is 4. The van der Waals surface area contributed by atoms with Gasteiger partial charge in [0.1, 0.15) is 4.90 Å². The number of nitro benzene ring substituents is 1. The summed E-state index contributed by atoms with van der Waals surface area (Å²) in [7, 11) is -4.16. The lowest BCUT2D eigenvalue weighted by Gasteiger charge is -2.08. The van der Waals surface area contributed by atoms with Crippen LogP contribution in [0.3, 0.4) is 0 Å². The maximum absolute atomic E-state index is 11.9. The van der Waals surface area contributed by atoms with E-state index in [4.69, 9.17) is 4.18 Å². The van der Waals surface area contributed by atoms with Crippen LogP contribution in [-0.4, -0.2) is 18.4 Å². The fraction of sp³-hybridized carbons (Fsp3) is 0. The molecule has 20 heavy (non-hydrogen) atoms. The number of aromatic hydroxyl groups is 1. The largest absolute Gasteiger partial charge is 0.499 e. The van der Waals surface area contributed by atoms with Gasteiger partial charge in [0.25, 0.3) is 0 Å². The number of nitrogens with zero attached hydrogens (tertiary/aromatic N) is 1. The number of hydrogen-bond acceptors (Lipinski definition) is 6. The molecule has 0 saturated carbocycles. The first-order valence-corrected chi connectivity index (χ1v) is 6.78. The monoisotopic (exact) mass is 295 g/mol. The second kappa shape index (κ2) is 5.17. The molecular weight excluding hydrogens is 286 g/mol. The van der Waals surface area contributed by atoms with Gasteiger partial charge in [0.05, 0.1) is 4.92 Å². The van der Waals surface area contributed by atoms with E-state index in [1.54, 1.807) is 6.07 Å². The second-order valence-electron chi connectivity index (χ2n) is 3.73. The molecule has 0 aliphatic rings. The number of benzene rings is 2. The highest BCUT2D eigenvalue weighted by Gasteiger charge is 2.23. The van der Waals surface area contributed by atoms with Crippen LogP contribution in [0.4, 0.5) is 5.69 Å². The Balaban J connectivity index is 2.41. The first-order chi connectivity index (χ1) is 9.42. The summed E-state index contributed by atoms with van der Waals surface area (Å²) in [5.74, 6) is -1.33. The summed E-state index contributed by atoms with van der Waals surface area (Å²) in [6.07, 6.45) is 0. The molecule has 0 spiro atoms. The molecule has 0 saturated heterocycles. The molecule has 0 aliphatic carbocycles. The van der Waals surface area contributed by atoms with Crippen LogP contribution in [0.25, 0.3) is 0 Å². The van der Waals surface area contributed by atoms with Crippen molar-refractivity contribution in [3.05, 3.63) is 58.6 Å². The van der Waals surface area contributed by atoms with Crippen LogP contribution in [0.2, 0.25) is 0 Å². The van der Waals surface area contributed by atoms with Crippen molar-refractivity contribution in [3.63, 3.8) is 0 Å². The lowest BCUT2D eigenvalue weighted by Crippen LogP contribution is -2.09. The molecule has 0 heterocycles. The predicted octanol–water partition coefficient (Wildman–Crippen LogP) is 2.07. The van der Waals surface area contributed by atoms with Crippen molar-refractivity contribution in [3.8, 4) is 11.5 Å². The molecule has 0 bridgehead atoms. The van der Waals surface area contributed by atoms with Crippen molar-refractivity contribution in [1.82, 2.24) is 0 Å². The van der Waals surface area contributed by atoms with Crippen molar-refractivity contribution < 1.29 is 22.6 Å². The SMILES string of the molecule is O=[N+]([O-])c1cccc(OS(=O)(=O)c2ccccc2)c1O.